The summed E-state index contributed by atoms with van der Waals surface area (Å²) in [7, 11) is 1.99. The van der Waals surface area contributed by atoms with Crippen molar-refractivity contribution in [3.05, 3.63) is 23.2 Å². The second kappa shape index (κ2) is 6.31. The Kier molecular flexibility index (Phi) is 4.47. The van der Waals surface area contributed by atoms with Crippen LogP contribution in [-0.4, -0.2) is 24.5 Å². The molecule has 2 atom stereocenters. The summed E-state index contributed by atoms with van der Waals surface area (Å²) in [6, 6.07) is 3.06. The Morgan fingerprint density at radius 1 is 1.25 bits per heavy atom. The molecule has 1 aliphatic heterocycles. The van der Waals surface area contributed by atoms with E-state index in [1.165, 1.54) is 50.6 Å². The summed E-state index contributed by atoms with van der Waals surface area (Å²) in [6.45, 7) is 5.24. The second-order valence-electron chi connectivity index (χ2n) is 6.55. The molecule has 0 radical (unpaired) electrons. The molecule has 3 nitrogen and oxygen atoms in total. The Labute approximate surface area is 122 Å². The topological polar surface area (TPSA) is 28.4 Å². The van der Waals surface area contributed by atoms with Crippen LogP contribution >= 0.6 is 0 Å². The van der Waals surface area contributed by atoms with Crippen LogP contribution < -0.4 is 5.32 Å². The van der Waals surface area contributed by atoms with Gasteiger partial charge in [-0.05, 0) is 58.2 Å². The number of piperidine rings is 1. The maximum absolute atomic E-state index is 5.97. The van der Waals surface area contributed by atoms with E-state index in [1.807, 2.05) is 7.05 Å². The van der Waals surface area contributed by atoms with Crippen LogP contribution in [0.15, 0.2) is 10.5 Å². The van der Waals surface area contributed by atoms with Crippen molar-refractivity contribution in [3.63, 3.8) is 0 Å². The fourth-order valence-corrected chi connectivity index (χ4v) is 4.16. The first kappa shape index (κ1) is 14.2. The van der Waals surface area contributed by atoms with Gasteiger partial charge in [0.05, 0.1) is 6.54 Å². The van der Waals surface area contributed by atoms with E-state index in [0.29, 0.717) is 0 Å². The van der Waals surface area contributed by atoms with Crippen LogP contribution in [0.5, 0.6) is 0 Å². The minimum Gasteiger partial charge on any atom is -0.465 e. The zero-order valence-corrected chi connectivity index (χ0v) is 13.0. The van der Waals surface area contributed by atoms with Gasteiger partial charge in [0.25, 0.3) is 0 Å². The standard InChI is InChI=1S/C17H28N2O/c1-13-15(11-18-2)10-16(20-13)12-19-9-5-7-14-6-3-4-8-17(14)19/h10,14,17-18H,3-9,11-12H2,1-2H3. The molecule has 112 valence electrons. The first-order chi connectivity index (χ1) is 9.78. The van der Waals surface area contributed by atoms with Crippen molar-refractivity contribution in [2.45, 2.75) is 64.6 Å². The van der Waals surface area contributed by atoms with E-state index in [0.717, 1.165) is 36.6 Å². The summed E-state index contributed by atoms with van der Waals surface area (Å²) in [4.78, 5) is 2.69. The van der Waals surface area contributed by atoms with E-state index >= 15 is 0 Å². The van der Waals surface area contributed by atoms with E-state index in [-0.39, 0.29) is 0 Å². The normalized spacial score (nSPS) is 27.5. The van der Waals surface area contributed by atoms with Crippen molar-refractivity contribution < 1.29 is 4.42 Å². The molecule has 2 fully saturated rings. The Morgan fingerprint density at radius 3 is 2.90 bits per heavy atom. The van der Waals surface area contributed by atoms with Crippen molar-refractivity contribution >= 4 is 0 Å². The molecule has 1 saturated carbocycles. The van der Waals surface area contributed by atoms with E-state index in [9.17, 15) is 0 Å². The fourth-order valence-electron chi connectivity index (χ4n) is 4.16. The van der Waals surface area contributed by atoms with Gasteiger partial charge in [-0.15, -0.1) is 0 Å². The third kappa shape index (κ3) is 2.94. The second-order valence-corrected chi connectivity index (χ2v) is 6.55. The largest absolute Gasteiger partial charge is 0.465 e. The molecule has 20 heavy (non-hydrogen) atoms. The fraction of sp³-hybridized carbons (Fsp3) is 0.765. The van der Waals surface area contributed by atoms with E-state index in [1.54, 1.807) is 0 Å². The SMILES string of the molecule is CNCc1cc(CN2CCCC3CCCCC32)oc1C. The van der Waals surface area contributed by atoms with Gasteiger partial charge in [0.2, 0.25) is 0 Å². The summed E-state index contributed by atoms with van der Waals surface area (Å²) in [6.07, 6.45) is 8.52. The third-order valence-electron chi connectivity index (χ3n) is 5.16. The van der Waals surface area contributed by atoms with Crippen molar-refractivity contribution in [3.8, 4) is 0 Å². The zero-order chi connectivity index (χ0) is 13.9. The summed E-state index contributed by atoms with van der Waals surface area (Å²) < 4.78 is 5.97. The van der Waals surface area contributed by atoms with Crippen molar-refractivity contribution in [1.82, 2.24) is 10.2 Å². The Balaban J connectivity index is 1.68. The van der Waals surface area contributed by atoms with Gasteiger partial charge in [-0.1, -0.05) is 12.8 Å². The molecule has 1 saturated heterocycles. The van der Waals surface area contributed by atoms with Crippen LogP contribution in [0.25, 0.3) is 0 Å². The average molecular weight is 276 g/mol. The predicted molar refractivity (Wildman–Crippen MR) is 81.6 cm³/mol. The summed E-state index contributed by atoms with van der Waals surface area (Å²) >= 11 is 0. The monoisotopic (exact) mass is 276 g/mol. The van der Waals surface area contributed by atoms with Crippen LogP contribution in [-0.2, 0) is 13.1 Å². The van der Waals surface area contributed by atoms with Crippen molar-refractivity contribution in [2.75, 3.05) is 13.6 Å². The maximum Gasteiger partial charge on any atom is 0.118 e. The van der Waals surface area contributed by atoms with E-state index < -0.39 is 0 Å². The van der Waals surface area contributed by atoms with Crippen molar-refractivity contribution in [2.24, 2.45) is 5.92 Å². The molecule has 1 N–H and O–H groups in total. The molecular weight excluding hydrogens is 248 g/mol. The Bertz CT molecular complexity index is 438. The van der Waals surface area contributed by atoms with Gasteiger partial charge in [-0.3, -0.25) is 4.90 Å². The molecule has 0 spiro atoms. The first-order valence-electron chi connectivity index (χ1n) is 8.24. The maximum atomic E-state index is 5.97. The van der Waals surface area contributed by atoms with Crippen molar-refractivity contribution in [1.29, 1.82) is 0 Å². The highest BCUT2D eigenvalue weighted by atomic mass is 16.3. The molecule has 0 aromatic carbocycles. The molecule has 3 heteroatoms. The third-order valence-corrected chi connectivity index (χ3v) is 5.16. The highest BCUT2D eigenvalue weighted by Crippen LogP contribution is 2.36. The van der Waals surface area contributed by atoms with E-state index in [4.69, 9.17) is 4.42 Å². The zero-order valence-electron chi connectivity index (χ0n) is 13.0. The number of nitrogens with one attached hydrogen (secondary N) is 1. The lowest BCUT2D eigenvalue weighted by atomic mass is 9.78. The number of rotatable bonds is 4. The van der Waals surface area contributed by atoms with Crippen LogP contribution in [0.2, 0.25) is 0 Å². The lowest BCUT2D eigenvalue weighted by Gasteiger charge is -2.43. The average Bonchev–Trinajstić information content (AvgIpc) is 2.80. The smallest absolute Gasteiger partial charge is 0.118 e. The molecular formula is C17H28N2O. The van der Waals surface area contributed by atoms with Crippen LogP contribution in [0, 0.1) is 12.8 Å². The molecule has 1 aromatic rings. The molecule has 0 bridgehead atoms. The van der Waals surface area contributed by atoms with E-state index in [2.05, 4.69) is 23.2 Å². The highest BCUT2D eigenvalue weighted by Gasteiger charge is 2.33. The lowest BCUT2D eigenvalue weighted by molar-refractivity contribution is 0.0493. The van der Waals surface area contributed by atoms with Gasteiger partial charge >= 0.3 is 0 Å². The lowest BCUT2D eigenvalue weighted by Crippen LogP contribution is -2.46. The highest BCUT2D eigenvalue weighted by molar-refractivity contribution is 5.20. The number of hydrogen-bond donors (Lipinski definition) is 1. The van der Waals surface area contributed by atoms with Crippen LogP contribution in [0.3, 0.4) is 0 Å². The molecule has 1 aromatic heterocycles. The number of aryl methyl sites for hydroxylation is 1. The Hall–Kier alpha value is -0.800. The predicted octanol–water partition coefficient (Wildman–Crippen LogP) is 3.46. The van der Waals surface area contributed by atoms with Gasteiger partial charge in [-0.2, -0.15) is 0 Å². The minimum absolute atomic E-state index is 0.815. The summed E-state index contributed by atoms with van der Waals surface area (Å²) in [5.41, 5.74) is 1.31. The number of furan rings is 1. The summed E-state index contributed by atoms with van der Waals surface area (Å²) in [5.74, 6) is 3.18. The first-order valence-corrected chi connectivity index (χ1v) is 8.24. The number of hydrogen-bond acceptors (Lipinski definition) is 3. The molecule has 0 amide bonds. The molecule has 3 rings (SSSR count). The molecule has 2 unspecified atom stereocenters. The van der Waals surface area contributed by atoms with Crippen LogP contribution in [0.1, 0.15) is 55.6 Å². The number of fused-ring (bicyclic) bond motifs is 1. The molecule has 2 aliphatic rings. The molecule has 2 heterocycles. The van der Waals surface area contributed by atoms with Gasteiger partial charge in [0, 0.05) is 18.2 Å². The number of likely N-dealkylation sites (tertiary alicyclic amines) is 1. The van der Waals surface area contributed by atoms with Gasteiger partial charge in [0.1, 0.15) is 11.5 Å². The van der Waals surface area contributed by atoms with Gasteiger partial charge < -0.3 is 9.73 Å². The quantitative estimate of drug-likeness (QED) is 0.913. The summed E-state index contributed by atoms with van der Waals surface area (Å²) in [5, 5.41) is 3.21. The molecule has 1 aliphatic carbocycles. The van der Waals surface area contributed by atoms with Gasteiger partial charge in [-0.25, -0.2) is 0 Å². The Morgan fingerprint density at radius 2 is 2.05 bits per heavy atom. The number of nitrogens with zero attached hydrogens (tertiary/aromatic N) is 1. The van der Waals surface area contributed by atoms with Crippen LogP contribution in [0.4, 0.5) is 0 Å². The minimum atomic E-state index is 0.815. The van der Waals surface area contributed by atoms with Gasteiger partial charge in [0.15, 0.2) is 0 Å².